The lowest BCUT2D eigenvalue weighted by Crippen LogP contribution is -2.53. The van der Waals surface area contributed by atoms with E-state index in [-0.39, 0.29) is 29.9 Å². The van der Waals surface area contributed by atoms with Gasteiger partial charge in [-0.05, 0) is 49.2 Å². The molecule has 7 nitrogen and oxygen atoms in total. The fourth-order valence-corrected chi connectivity index (χ4v) is 4.33. The lowest BCUT2D eigenvalue weighted by atomic mass is 10.1. The summed E-state index contributed by atoms with van der Waals surface area (Å²) in [6.07, 6.45) is 5.56. The van der Waals surface area contributed by atoms with E-state index in [1.165, 1.54) is 49.7 Å². The van der Waals surface area contributed by atoms with Gasteiger partial charge >= 0.3 is 0 Å². The first-order valence-corrected chi connectivity index (χ1v) is 11.3. The molecule has 0 saturated carbocycles. The lowest BCUT2D eigenvalue weighted by Gasteiger charge is -2.36. The highest BCUT2D eigenvalue weighted by Gasteiger charge is 2.25. The molecule has 0 bridgehead atoms. The van der Waals surface area contributed by atoms with Crippen molar-refractivity contribution in [1.29, 1.82) is 0 Å². The lowest BCUT2D eigenvalue weighted by molar-refractivity contribution is 0.0657. The van der Waals surface area contributed by atoms with Gasteiger partial charge in [0.25, 0.3) is 5.91 Å². The number of amides is 1. The van der Waals surface area contributed by atoms with E-state index in [1.807, 2.05) is 11.9 Å². The summed E-state index contributed by atoms with van der Waals surface area (Å²) in [7, 11) is 1.81. The number of guanidine groups is 1. The molecule has 2 aliphatic heterocycles. The van der Waals surface area contributed by atoms with E-state index in [4.69, 9.17) is 4.42 Å². The van der Waals surface area contributed by atoms with Gasteiger partial charge in [-0.25, -0.2) is 0 Å². The van der Waals surface area contributed by atoms with Crippen molar-refractivity contribution in [2.75, 3.05) is 46.3 Å². The van der Waals surface area contributed by atoms with E-state index >= 15 is 0 Å². The Kier molecular flexibility index (Phi) is 9.40. The van der Waals surface area contributed by atoms with Crippen LogP contribution in [0.15, 0.2) is 52.1 Å². The van der Waals surface area contributed by atoms with E-state index in [0.29, 0.717) is 18.8 Å². The molecule has 0 spiro atoms. The van der Waals surface area contributed by atoms with Crippen LogP contribution in [0.2, 0.25) is 0 Å². The molecule has 174 valence electrons. The molecule has 1 aromatic carbocycles. The first-order valence-electron chi connectivity index (χ1n) is 11.3. The zero-order chi connectivity index (χ0) is 21.5. The Labute approximate surface area is 207 Å². The highest BCUT2D eigenvalue weighted by atomic mass is 127. The van der Waals surface area contributed by atoms with Gasteiger partial charge in [-0.1, -0.05) is 30.7 Å². The minimum Gasteiger partial charge on any atom is -0.459 e. The summed E-state index contributed by atoms with van der Waals surface area (Å²) >= 11 is 0. The predicted molar refractivity (Wildman–Crippen MR) is 137 cm³/mol. The van der Waals surface area contributed by atoms with Gasteiger partial charge in [0, 0.05) is 46.3 Å². The fourth-order valence-electron chi connectivity index (χ4n) is 4.33. The van der Waals surface area contributed by atoms with Gasteiger partial charge in [0.2, 0.25) is 0 Å². The van der Waals surface area contributed by atoms with Crippen molar-refractivity contribution in [2.24, 2.45) is 4.99 Å². The third kappa shape index (κ3) is 6.48. The molecule has 2 saturated heterocycles. The van der Waals surface area contributed by atoms with E-state index in [2.05, 4.69) is 44.4 Å². The molecule has 4 rings (SSSR count). The van der Waals surface area contributed by atoms with Gasteiger partial charge < -0.3 is 19.5 Å². The third-order valence-electron chi connectivity index (χ3n) is 6.14. The van der Waals surface area contributed by atoms with E-state index in [1.54, 1.807) is 12.1 Å². The molecule has 8 heteroatoms. The van der Waals surface area contributed by atoms with E-state index < -0.39 is 0 Å². The summed E-state index contributed by atoms with van der Waals surface area (Å²) in [6.45, 7) is 7.05. The number of piperazine rings is 1. The van der Waals surface area contributed by atoms with Crippen LogP contribution in [-0.2, 0) is 13.1 Å². The average molecular weight is 551 g/mol. The Balaban J connectivity index is 0.00000289. The number of rotatable bonds is 5. The maximum absolute atomic E-state index is 12.4. The van der Waals surface area contributed by atoms with Gasteiger partial charge in [0.15, 0.2) is 11.7 Å². The van der Waals surface area contributed by atoms with Crippen LogP contribution < -0.4 is 5.32 Å². The van der Waals surface area contributed by atoms with E-state index in [0.717, 1.165) is 32.1 Å². The zero-order valence-electron chi connectivity index (χ0n) is 18.8. The maximum Gasteiger partial charge on any atom is 0.289 e. The average Bonchev–Trinajstić information content (AvgIpc) is 3.36. The van der Waals surface area contributed by atoms with Crippen molar-refractivity contribution in [2.45, 2.75) is 32.4 Å². The number of likely N-dealkylation sites (tertiary alicyclic amines) is 1. The summed E-state index contributed by atoms with van der Waals surface area (Å²) < 4.78 is 5.24. The van der Waals surface area contributed by atoms with Crippen LogP contribution in [0.4, 0.5) is 0 Å². The Hall–Kier alpha value is -2.07. The normalized spacial score (nSPS) is 17.7. The van der Waals surface area contributed by atoms with Crippen molar-refractivity contribution in [1.82, 2.24) is 20.0 Å². The summed E-state index contributed by atoms with van der Waals surface area (Å²) in [4.78, 5) is 23.5. The number of carbonyl (C=O) groups is 1. The second kappa shape index (κ2) is 12.2. The molecule has 1 aromatic heterocycles. The number of nitrogens with one attached hydrogen (secondary N) is 1. The molecule has 1 N–H and O–H groups in total. The second-order valence-electron chi connectivity index (χ2n) is 8.31. The van der Waals surface area contributed by atoms with Crippen LogP contribution in [0, 0.1) is 0 Å². The third-order valence-corrected chi connectivity index (χ3v) is 6.14. The fraction of sp³-hybridized carbons (Fsp3) is 0.500. The molecule has 2 aromatic rings. The minimum atomic E-state index is -0.0442. The number of piperidine rings is 1. The van der Waals surface area contributed by atoms with Crippen LogP contribution in [0.5, 0.6) is 0 Å². The number of halogens is 1. The van der Waals surface area contributed by atoms with Gasteiger partial charge in [-0.2, -0.15) is 0 Å². The number of nitrogens with zero attached hydrogens (tertiary/aromatic N) is 4. The van der Waals surface area contributed by atoms with Gasteiger partial charge in [0.05, 0.1) is 6.26 Å². The van der Waals surface area contributed by atoms with Gasteiger partial charge in [0.1, 0.15) is 0 Å². The number of benzene rings is 1. The smallest absolute Gasteiger partial charge is 0.289 e. The molecule has 0 atom stereocenters. The maximum atomic E-state index is 12.4. The van der Waals surface area contributed by atoms with Gasteiger partial charge in [-0.3, -0.25) is 14.7 Å². The molecule has 0 radical (unpaired) electrons. The quantitative estimate of drug-likeness (QED) is 0.351. The summed E-state index contributed by atoms with van der Waals surface area (Å²) in [5.74, 6) is 1.24. The molecule has 3 heterocycles. The molecular formula is C24H34IN5O2. The first kappa shape index (κ1) is 24.6. The summed E-state index contributed by atoms with van der Waals surface area (Å²) in [5.41, 5.74) is 2.63. The van der Waals surface area contributed by atoms with Crippen LogP contribution in [0.1, 0.15) is 40.9 Å². The Morgan fingerprint density at radius 1 is 0.938 bits per heavy atom. The Morgan fingerprint density at radius 3 is 2.22 bits per heavy atom. The number of hydrogen-bond acceptors (Lipinski definition) is 4. The number of aliphatic imine (C=N–C) groups is 1. The topological polar surface area (TPSA) is 64.3 Å². The highest BCUT2D eigenvalue weighted by Crippen LogP contribution is 2.14. The molecular weight excluding hydrogens is 517 g/mol. The zero-order valence-corrected chi connectivity index (χ0v) is 21.2. The molecule has 2 aliphatic rings. The standard InChI is InChI=1S/C24H33N5O2.HI/c1-25-24(29-15-13-28(14-16-29)23(30)22-6-5-17-31-22)26-18-20-7-9-21(10-8-20)19-27-11-3-2-4-12-27;/h5-10,17H,2-4,11-16,18-19H2,1H3,(H,25,26);1H. The van der Waals surface area contributed by atoms with Crippen LogP contribution in [0.3, 0.4) is 0 Å². The summed E-state index contributed by atoms with van der Waals surface area (Å²) in [6, 6.07) is 12.4. The van der Waals surface area contributed by atoms with Crippen molar-refractivity contribution in [3.63, 3.8) is 0 Å². The van der Waals surface area contributed by atoms with Gasteiger partial charge in [-0.15, -0.1) is 24.0 Å². The van der Waals surface area contributed by atoms with Crippen molar-refractivity contribution in [3.05, 3.63) is 59.5 Å². The second-order valence-corrected chi connectivity index (χ2v) is 8.31. The minimum absolute atomic E-state index is 0. The van der Waals surface area contributed by atoms with Crippen LogP contribution in [0.25, 0.3) is 0 Å². The van der Waals surface area contributed by atoms with Crippen molar-refractivity contribution >= 4 is 35.8 Å². The number of hydrogen-bond donors (Lipinski definition) is 1. The number of carbonyl (C=O) groups excluding carboxylic acids is 1. The van der Waals surface area contributed by atoms with Crippen LogP contribution in [-0.4, -0.2) is 72.9 Å². The molecule has 1 amide bonds. The van der Waals surface area contributed by atoms with Crippen molar-refractivity contribution in [3.8, 4) is 0 Å². The molecule has 2 fully saturated rings. The van der Waals surface area contributed by atoms with Crippen molar-refractivity contribution < 1.29 is 9.21 Å². The number of furan rings is 1. The SMILES string of the molecule is CN=C(NCc1ccc(CN2CCCCC2)cc1)N1CCN(C(=O)c2ccco2)CC1.I. The van der Waals surface area contributed by atoms with E-state index in [9.17, 15) is 4.79 Å². The highest BCUT2D eigenvalue weighted by molar-refractivity contribution is 14.0. The monoisotopic (exact) mass is 551 g/mol. The molecule has 32 heavy (non-hydrogen) atoms. The Bertz CT molecular complexity index is 855. The first-order chi connectivity index (χ1) is 15.2. The Morgan fingerprint density at radius 2 is 1.59 bits per heavy atom. The molecule has 0 aliphatic carbocycles. The summed E-state index contributed by atoms with van der Waals surface area (Å²) in [5, 5.41) is 3.47. The molecule has 0 unspecified atom stereocenters. The van der Waals surface area contributed by atoms with Crippen LogP contribution >= 0.6 is 24.0 Å². The predicted octanol–water partition coefficient (Wildman–Crippen LogP) is 3.42. The largest absolute Gasteiger partial charge is 0.459 e.